The van der Waals surface area contributed by atoms with Gasteiger partial charge in [0.05, 0.1) is 11.3 Å². The number of aryl methyl sites for hydroxylation is 2. The first kappa shape index (κ1) is 24.1. The Hall–Kier alpha value is -4.25. The van der Waals surface area contributed by atoms with Crippen LogP contribution >= 0.6 is 0 Å². The molecule has 0 saturated carbocycles. The van der Waals surface area contributed by atoms with Gasteiger partial charge in [-0.3, -0.25) is 9.69 Å². The Bertz CT molecular complexity index is 1600. The second-order valence-corrected chi connectivity index (χ2v) is 10.00. The lowest BCUT2D eigenvalue weighted by atomic mass is 9.86. The second kappa shape index (κ2) is 8.66. The molecule has 0 radical (unpaired) electrons. The Morgan fingerprint density at radius 2 is 1.89 bits per heavy atom. The number of nitrogens with zero attached hydrogens (tertiary/aromatic N) is 8. The number of amides is 2. The van der Waals surface area contributed by atoms with Crippen molar-refractivity contribution in [3.05, 3.63) is 48.3 Å². The van der Waals surface area contributed by atoms with Crippen LogP contribution < -0.4 is 4.90 Å². The SMILES string of the molecule is CCn1c(-c2cnc(C)nc2)nc2c(-c3ccc4c(c3)C3(CCCN3C(C)C)C(=O)N4C(=O)O)ncnc21. The Morgan fingerprint density at radius 1 is 1.13 bits per heavy atom. The summed E-state index contributed by atoms with van der Waals surface area (Å²) in [5.41, 5.74) is 3.51. The van der Waals surface area contributed by atoms with E-state index >= 15 is 0 Å². The van der Waals surface area contributed by atoms with Gasteiger partial charge in [-0.15, -0.1) is 0 Å². The van der Waals surface area contributed by atoms with Crippen molar-refractivity contribution in [3.63, 3.8) is 0 Å². The number of carbonyl (C=O) groups excluding carboxylic acids is 1. The minimum Gasteiger partial charge on any atom is -0.464 e. The Morgan fingerprint density at radius 3 is 2.58 bits per heavy atom. The molecule has 1 N–H and O–H groups in total. The summed E-state index contributed by atoms with van der Waals surface area (Å²) in [6.45, 7) is 9.28. The van der Waals surface area contributed by atoms with E-state index in [0.29, 0.717) is 52.7 Å². The summed E-state index contributed by atoms with van der Waals surface area (Å²) in [6.07, 6.45) is 5.10. The van der Waals surface area contributed by atoms with E-state index in [0.717, 1.165) is 29.0 Å². The molecule has 1 aromatic carbocycles. The summed E-state index contributed by atoms with van der Waals surface area (Å²) >= 11 is 0. The average Bonchev–Trinajstić information content (AvgIpc) is 3.58. The van der Waals surface area contributed by atoms with E-state index in [-0.39, 0.29) is 6.04 Å². The number of likely N-dealkylation sites (tertiary alicyclic amines) is 1. The lowest BCUT2D eigenvalue weighted by Gasteiger charge is -2.36. The molecule has 2 aliphatic heterocycles. The number of hydrogen-bond acceptors (Lipinski definition) is 8. The topological polar surface area (TPSA) is 130 Å². The molecule has 5 heterocycles. The van der Waals surface area contributed by atoms with Crippen molar-refractivity contribution in [1.29, 1.82) is 0 Å². The monoisotopic (exact) mass is 512 g/mol. The summed E-state index contributed by atoms with van der Waals surface area (Å²) in [7, 11) is 0. The fourth-order valence-corrected chi connectivity index (χ4v) is 6.04. The quantitative estimate of drug-likeness (QED) is 0.431. The van der Waals surface area contributed by atoms with Gasteiger partial charge in [0.25, 0.3) is 5.91 Å². The Kier molecular flexibility index (Phi) is 5.49. The molecule has 4 aromatic rings. The van der Waals surface area contributed by atoms with Crippen LogP contribution in [0, 0.1) is 6.92 Å². The number of imidazole rings is 1. The van der Waals surface area contributed by atoms with Gasteiger partial charge in [-0.05, 0) is 59.2 Å². The first-order valence-electron chi connectivity index (χ1n) is 12.8. The van der Waals surface area contributed by atoms with Gasteiger partial charge in [0, 0.05) is 36.1 Å². The van der Waals surface area contributed by atoms with Crippen molar-refractivity contribution >= 4 is 28.9 Å². The van der Waals surface area contributed by atoms with Gasteiger partial charge >= 0.3 is 6.09 Å². The van der Waals surface area contributed by atoms with E-state index in [1.807, 2.05) is 38.3 Å². The largest absolute Gasteiger partial charge is 0.464 e. The zero-order valence-electron chi connectivity index (χ0n) is 21.7. The maximum atomic E-state index is 13.7. The molecule has 11 nitrogen and oxygen atoms in total. The van der Waals surface area contributed by atoms with Crippen LogP contribution in [0.1, 0.15) is 45.0 Å². The number of rotatable bonds is 4. The predicted octanol–water partition coefficient (Wildman–Crippen LogP) is 4.00. The maximum absolute atomic E-state index is 13.7. The fourth-order valence-electron chi connectivity index (χ4n) is 6.04. The molecule has 38 heavy (non-hydrogen) atoms. The minimum atomic E-state index is -1.27. The average molecular weight is 513 g/mol. The standard InChI is InChI=1S/C27H28N8O3/c1-5-33-23(18-12-28-16(4)29-13-18)32-22-21(30-14-31-24(22)33)17-7-8-20-19(11-17)27(25(36)35(20)26(37)38)9-6-10-34(27)15(2)3/h7-8,11-15H,5-6,9-10H2,1-4H3,(H,37,38). The highest BCUT2D eigenvalue weighted by Crippen LogP contribution is 2.51. The minimum absolute atomic E-state index is 0.0667. The summed E-state index contributed by atoms with van der Waals surface area (Å²) in [5.74, 6) is 0.955. The smallest absolute Gasteiger partial charge is 0.418 e. The highest BCUT2D eigenvalue weighted by atomic mass is 16.4. The fraction of sp³-hybridized carbons (Fsp3) is 0.370. The van der Waals surface area contributed by atoms with Gasteiger partial charge in [0.2, 0.25) is 0 Å². The highest BCUT2D eigenvalue weighted by Gasteiger charge is 2.59. The molecular weight excluding hydrogens is 484 g/mol. The van der Waals surface area contributed by atoms with Crippen molar-refractivity contribution in [2.45, 2.75) is 58.7 Å². The zero-order chi connectivity index (χ0) is 26.8. The summed E-state index contributed by atoms with van der Waals surface area (Å²) in [4.78, 5) is 51.6. The van der Waals surface area contributed by atoms with Crippen LogP contribution in [0.15, 0.2) is 36.9 Å². The van der Waals surface area contributed by atoms with Crippen molar-refractivity contribution in [2.24, 2.45) is 0 Å². The van der Waals surface area contributed by atoms with E-state index < -0.39 is 17.5 Å². The third kappa shape index (κ3) is 3.27. The molecule has 194 valence electrons. The van der Waals surface area contributed by atoms with Gasteiger partial charge < -0.3 is 9.67 Å². The second-order valence-electron chi connectivity index (χ2n) is 10.00. The van der Waals surface area contributed by atoms with Gasteiger partial charge in [0.1, 0.15) is 34.7 Å². The maximum Gasteiger partial charge on any atom is 0.418 e. The van der Waals surface area contributed by atoms with Crippen molar-refractivity contribution in [3.8, 4) is 22.6 Å². The molecule has 11 heteroatoms. The van der Waals surface area contributed by atoms with Crippen molar-refractivity contribution in [2.75, 3.05) is 11.4 Å². The molecule has 1 unspecified atom stereocenters. The number of anilines is 1. The molecule has 1 fully saturated rings. The number of imide groups is 1. The molecule has 2 aliphatic rings. The van der Waals surface area contributed by atoms with Crippen LogP contribution in [0.2, 0.25) is 0 Å². The normalized spacial score (nSPS) is 19.3. The lowest BCUT2D eigenvalue weighted by Crippen LogP contribution is -2.52. The van der Waals surface area contributed by atoms with Crippen LogP contribution in [-0.2, 0) is 16.9 Å². The van der Waals surface area contributed by atoms with E-state index in [9.17, 15) is 14.7 Å². The van der Waals surface area contributed by atoms with E-state index in [1.54, 1.807) is 24.5 Å². The van der Waals surface area contributed by atoms with Crippen LogP contribution in [-0.4, -0.2) is 64.1 Å². The summed E-state index contributed by atoms with van der Waals surface area (Å²) in [6, 6.07) is 5.49. The van der Waals surface area contributed by atoms with Gasteiger partial charge in [0.15, 0.2) is 5.65 Å². The Balaban J connectivity index is 1.56. The predicted molar refractivity (Wildman–Crippen MR) is 140 cm³/mol. The number of carbonyl (C=O) groups is 2. The van der Waals surface area contributed by atoms with Crippen molar-refractivity contribution < 1.29 is 14.7 Å². The molecule has 1 spiro atoms. The van der Waals surface area contributed by atoms with E-state index in [4.69, 9.17) is 4.98 Å². The molecule has 0 aliphatic carbocycles. The highest BCUT2D eigenvalue weighted by molar-refractivity contribution is 6.20. The third-order valence-electron chi connectivity index (χ3n) is 7.64. The molecule has 3 aromatic heterocycles. The zero-order valence-corrected chi connectivity index (χ0v) is 21.7. The van der Waals surface area contributed by atoms with Crippen LogP contribution in [0.3, 0.4) is 0 Å². The number of aromatic nitrogens is 6. The van der Waals surface area contributed by atoms with Gasteiger partial charge in [-0.25, -0.2) is 34.6 Å². The van der Waals surface area contributed by atoms with E-state index in [2.05, 4.69) is 24.8 Å². The number of benzene rings is 1. The van der Waals surface area contributed by atoms with Crippen LogP contribution in [0.25, 0.3) is 33.8 Å². The molecule has 0 bridgehead atoms. The number of fused-ring (bicyclic) bond motifs is 3. The Labute approximate surface area is 219 Å². The van der Waals surface area contributed by atoms with Crippen LogP contribution in [0.5, 0.6) is 0 Å². The number of carboxylic acid groups (broad SMARTS) is 1. The summed E-state index contributed by atoms with van der Waals surface area (Å²) in [5, 5.41) is 9.96. The van der Waals surface area contributed by atoms with Crippen molar-refractivity contribution in [1.82, 2.24) is 34.4 Å². The number of hydrogen-bond donors (Lipinski definition) is 1. The summed E-state index contributed by atoms with van der Waals surface area (Å²) < 4.78 is 2.00. The molecular formula is C27H28N8O3. The van der Waals surface area contributed by atoms with Gasteiger partial charge in [-0.2, -0.15) is 0 Å². The first-order valence-corrected chi connectivity index (χ1v) is 12.8. The first-order chi connectivity index (χ1) is 18.3. The molecule has 2 amide bonds. The van der Waals surface area contributed by atoms with Crippen LogP contribution in [0.4, 0.5) is 10.5 Å². The van der Waals surface area contributed by atoms with Gasteiger partial charge in [-0.1, -0.05) is 6.07 Å². The lowest BCUT2D eigenvalue weighted by molar-refractivity contribution is -0.129. The molecule has 1 saturated heterocycles. The molecule has 1 atom stereocenters. The van der Waals surface area contributed by atoms with E-state index in [1.165, 1.54) is 6.33 Å². The molecule has 6 rings (SSSR count). The third-order valence-corrected chi connectivity index (χ3v) is 7.64.